The van der Waals surface area contributed by atoms with Gasteiger partial charge in [-0.1, -0.05) is 30.3 Å². The van der Waals surface area contributed by atoms with Gasteiger partial charge < -0.3 is 14.4 Å². The van der Waals surface area contributed by atoms with Crippen LogP contribution < -0.4 is 9.47 Å². The average molecular weight is 337 g/mol. The summed E-state index contributed by atoms with van der Waals surface area (Å²) < 4.78 is 11.0. The van der Waals surface area contributed by atoms with Crippen LogP contribution in [0.25, 0.3) is 0 Å². The van der Waals surface area contributed by atoms with Crippen molar-refractivity contribution < 1.29 is 14.3 Å². The second kappa shape index (κ2) is 6.79. The van der Waals surface area contributed by atoms with E-state index in [2.05, 4.69) is 6.07 Å². The van der Waals surface area contributed by atoms with Crippen molar-refractivity contribution in [3.05, 3.63) is 59.7 Å². The summed E-state index contributed by atoms with van der Waals surface area (Å²) in [6.45, 7) is 1.13. The quantitative estimate of drug-likeness (QED) is 0.839. The Morgan fingerprint density at radius 2 is 1.92 bits per heavy atom. The summed E-state index contributed by atoms with van der Waals surface area (Å²) in [6.07, 6.45) is 2.97. The van der Waals surface area contributed by atoms with Crippen molar-refractivity contribution in [1.29, 1.82) is 0 Å². The summed E-state index contributed by atoms with van der Waals surface area (Å²) in [7, 11) is 1.66. The van der Waals surface area contributed by atoms with Crippen molar-refractivity contribution in [2.75, 3.05) is 13.7 Å². The summed E-state index contributed by atoms with van der Waals surface area (Å²) in [6, 6.07) is 16.4. The van der Waals surface area contributed by atoms with Crippen LogP contribution in [0.5, 0.6) is 11.5 Å². The first-order valence-electron chi connectivity index (χ1n) is 8.88. The molecule has 25 heavy (non-hydrogen) atoms. The van der Waals surface area contributed by atoms with Crippen molar-refractivity contribution in [2.24, 2.45) is 5.92 Å². The van der Waals surface area contributed by atoms with Gasteiger partial charge in [0.15, 0.2) is 0 Å². The van der Waals surface area contributed by atoms with Crippen LogP contribution in [-0.4, -0.2) is 30.6 Å². The molecule has 4 heteroatoms. The highest BCUT2D eigenvalue weighted by atomic mass is 16.5. The topological polar surface area (TPSA) is 38.8 Å². The summed E-state index contributed by atoms with van der Waals surface area (Å²) in [4.78, 5) is 15.2. The van der Waals surface area contributed by atoms with Crippen molar-refractivity contribution in [3.63, 3.8) is 0 Å². The number of hydrogen-bond donors (Lipinski definition) is 0. The van der Waals surface area contributed by atoms with Crippen LogP contribution in [-0.2, 0) is 17.8 Å². The molecule has 2 aromatic carbocycles. The number of rotatable bonds is 5. The molecular formula is C21H23NO3. The SMILES string of the molecule is COc1ccc(CN(C(=O)C2COc3ccccc3C2)C2CC2)cc1. The van der Waals surface area contributed by atoms with E-state index in [0.717, 1.165) is 41.9 Å². The van der Waals surface area contributed by atoms with E-state index in [-0.39, 0.29) is 11.8 Å². The molecule has 130 valence electrons. The first kappa shape index (κ1) is 16.0. The number of fused-ring (bicyclic) bond motifs is 1. The van der Waals surface area contributed by atoms with E-state index in [1.54, 1.807) is 7.11 Å². The lowest BCUT2D eigenvalue weighted by Crippen LogP contribution is -2.41. The van der Waals surface area contributed by atoms with E-state index in [4.69, 9.17) is 9.47 Å². The fourth-order valence-electron chi connectivity index (χ4n) is 3.42. The van der Waals surface area contributed by atoms with Gasteiger partial charge in [0.05, 0.1) is 13.0 Å². The molecule has 0 N–H and O–H groups in total. The van der Waals surface area contributed by atoms with E-state index < -0.39 is 0 Å². The highest BCUT2D eigenvalue weighted by Gasteiger charge is 2.37. The van der Waals surface area contributed by atoms with E-state index in [9.17, 15) is 4.79 Å². The van der Waals surface area contributed by atoms with Crippen LogP contribution >= 0.6 is 0 Å². The lowest BCUT2D eigenvalue weighted by atomic mass is 9.95. The molecule has 0 bridgehead atoms. The van der Waals surface area contributed by atoms with E-state index in [0.29, 0.717) is 19.2 Å². The number of para-hydroxylation sites is 1. The normalized spacial score (nSPS) is 18.8. The third kappa shape index (κ3) is 3.48. The monoisotopic (exact) mass is 337 g/mol. The lowest BCUT2D eigenvalue weighted by Gasteiger charge is -2.30. The first-order chi connectivity index (χ1) is 12.2. The summed E-state index contributed by atoms with van der Waals surface area (Å²) in [5.74, 6) is 1.88. The van der Waals surface area contributed by atoms with Crippen LogP contribution in [0.1, 0.15) is 24.0 Å². The van der Waals surface area contributed by atoms with Crippen LogP contribution in [0.3, 0.4) is 0 Å². The van der Waals surface area contributed by atoms with Crippen LogP contribution in [0, 0.1) is 5.92 Å². The van der Waals surface area contributed by atoms with Gasteiger partial charge in [-0.25, -0.2) is 0 Å². The van der Waals surface area contributed by atoms with Gasteiger partial charge in [0.1, 0.15) is 18.1 Å². The second-order valence-corrected chi connectivity index (χ2v) is 6.87. The Bertz CT molecular complexity index is 752. The fraction of sp³-hybridized carbons (Fsp3) is 0.381. The number of carbonyl (C=O) groups excluding carboxylic acids is 1. The third-order valence-electron chi connectivity index (χ3n) is 5.01. The molecule has 2 aromatic rings. The predicted octanol–water partition coefficient (Wildman–Crippen LogP) is 3.44. The third-order valence-corrected chi connectivity index (χ3v) is 5.01. The standard InChI is InChI=1S/C21H23NO3/c1-24-19-10-6-15(7-11-19)13-22(18-8-9-18)21(23)17-12-16-4-2-3-5-20(16)25-14-17/h2-7,10-11,17-18H,8-9,12-14H2,1H3. The summed E-state index contributed by atoms with van der Waals surface area (Å²) in [5.41, 5.74) is 2.27. The molecule has 4 nitrogen and oxygen atoms in total. The molecular weight excluding hydrogens is 314 g/mol. The number of benzene rings is 2. The Hall–Kier alpha value is -2.49. The molecule has 0 radical (unpaired) electrons. The van der Waals surface area contributed by atoms with E-state index in [1.807, 2.05) is 47.4 Å². The molecule has 1 aliphatic carbocycles. The van der Waals surface area contributed by atoms with Gasteiger partial charge in [0.25, 0.3) is 0 Å². The minimum Gasteiger partial charge on any atom is -0.497 e. The van der Waals surface area contributed by atoms with Gasteiger partial charge in [-0.3, -0.25) is 4.79 Å². The molecule has 1 amide bonds. The minimum atomic E-state index is -0.0891. The second-order valence-electron chi connectivity index (χ2n) is 6.87. The zero-order valence-electron chi connectivity index (χ0n) is 14.5. The molecule has 0 spiro atoms. The number of methoxy groups -OCH3 is 1. The molecule has 0 aromatic heterocycles. The van der Waals surface area contributed by atoms with Crippen LogP contribution in [0.4, 0.5) is 0 Å². The summed E-state index contributed by atoms with van der Waals surface area (Å²) >= 11 is 0. The number of amides is 1. The Kier molecular flexibility index (Phi) is 4.35. The van der Waals surface area contributed by atoms with Gasteiger partial charge in [0.2, 0.25) is 5.91 Å². The molecule has 1 unspecified atom stereocenters. The predicted molar refractivity (Wildman–Crippen MR) is 95.7 cm³/mol. The smallest absolute Gasteiger partial charge is 0.230 e. The molecule has 4 rings (SSSR count). The average Bonchev–Trinajstić information content (AvgIpc) is 3.51. The maximum atomic E-state index is 13.1. The molecule has 1 atom stereocenters. The summed E-state index contributed by atoms with van der Waals surface area (Å²) in [5, 5.41) is 0. The van der Waals surface area contributed by atoms with Gasteiger partial charge in [-0.05, 0) is 48.6 Å². The highest BCUT2D eigenvalue weighted by Crippen LogP contribution is 2.33. The van der Waals surface area contributed by atoms with Crippen molar-refractivity contribution in [2.45, 2.75) is 31.8 Å². The Morgan fingerprint density at radius 1 is 1.16 bits per heavy atom. The van der Waals surface area contributed by atoms with E-state index in [1.165, 1.54) is 0 Å². The zero-order valence-corrected chi connectivity index (χ0v) is 14.5. The molecule has 0 saturated heterocycles. The maximum Gasteiger partial charge on any atom is 0.230 e. The van der Waals surface area contributed by atoms with Crippen molar-refractivity contribution in [3.8, 4) is 11.5 Å². The number of hydrogen-bond acceptors (Lipinski definition) is 3. The van der Waals surface area contributed by atoms with Gasteiger partial charge >= 0.3 is 0 Å². The van der Waals surface area contributed by atoms with E-state index >= 15 is 0 Å². The Balaban J connectivity index is 1.48. The minimum absolute atomic E-state index is 0.0891. The molecule has 1 heterocycles. The maximum absolute atomic E-state index is 13.1. The lowest BCUT2D eigenvalue weighted by molar-refractivity contribution is -0.138. The number of nitrogens with zero attached hydrogens (tertiary/aromatic N) is 1. The molecule has 1 saturated carbocycles. The first-order valence-corrected chi connectivity index (χ1v) is 8.88. The van der Waals surface area contributed by atoms with Gasteiger partial charge in [0, 0.05) is 12.6 Å². The highest BCUT2D eigenvalue weighted by molar-refractivity contribution is 5.80. The fourth-order valence-corrected chi connectivity index (χ4v) is 3.42. The van der Waals surface area contributed by atoms with Crippen molar-refractivity contribution >= 4 is 5.91 Å². The molecule has 1 aliphatic heterocycles. The zero-order chi connectivity index (χ0) is 17.2. The van der Waals surface area contributed by atoms with Gasteiger partial charge in [-0.2, -0.15) is 0 Å². The number of ether oxygens (including phenoxy) is 2. The Morgan fingerprint density at radius 3 is 2.64 bits per heavy atom. The van der Waals surface area contributed by atoms with Crippen molar-refractivity contribution in [1.82, 2.24) is 4.90 Å². The van der Waals surface area contributed by atoms with Crippen LogP contribution in [0.15, 0.2) is 48.5 Å². The number of carbonyl (C=O) groups is 1. The van der Waals surface area contributed by atoms with Crippen LogP contribution in [0.2, 0.25) is 0 Å². The molecule has 1 fully saturated rings. The Labute approximate surface area is 148 Å². The molecule has 2 aliphatic rings. The van der Waals surface area contributed by atoms with Gasteiger partial charge in [-0.15, -0.1) is 0 Å². The largest absolute Gasteiger partial charge is 0.497 e.